The molecule has 0 N–H and O–H groups in total. The number of nitro benzene ring substituents is 1. The second kappa shape index (κ2) is 6.91. The lowest BCUT2D eigenvalue weighted by molar-refractivity contribution is -0.384. The SMILES string of the molecule is C.COC(=O)Cc1ccc2oc(-c3ccccc3[N+](=O)[O-])nc2c1. The van der Waals surface area contributed by atoms with Gasteiger partial charge in [0.05, 0.1) is 18.5 Å². The first-order chi connectivity index (χ1) is 11.1. The summed E-state index contributed by atoms with van der Waals surface area (Å²) >= 11 is 0. The molecule has 0 aliphatic rings. The number of aromatic nitrogens is 1. The van der Waals surface area contributed by atoms with E-state index in [0.29, 0.717) is 16.7 Å². The highest BCUT2D eigenvalue weighted by molar-refractivity contribution is 5.80. The molecule has 7 nitrogen and oxygen atoms in total. The number of oxazole rings is 1. The Hall–Kier alpha value is -3.22. The Morgan fingerprint density at radius 2 is 2.04 bits per heavy atom. The highest BCUT2D eigenvalue weighted by Crippen LogP contribution is 2.31. The molecule has 3 rings (SSSR count). The Morgan fingerprint density at radius 3 is 2.75 bits per heavy atom. The molecule has 7 heteroatoms. The standard InChI is InChI=1S/C16H12N2O5.CH4/c1-22-15(19)9-10-6-7-14-12(8-10)17-16(23-14)11-4-2-3-5-13(11)18(20)21;/h2-8H,9H2,1H3;1H4. The van der Waals surface area contributed by atoms with Gasteiger partial charge in [-0.3, -0.25) is 14.9 Å². The predicted octanol–water partition coefficient (Wildman–Crippen LogP) is 3.75. The van der Waals surface area contributed by atoms with Gasteiger partial charge in [-0.1, -0.05) is 25.6 Å². The van der Waals surface area contributed by atoms with Gasteiger partial charge in [0.2, 0.25) is 5.89 Å². The van der Waals surface area contributed by atoms with Gasteiger partial charge in [0.25, 0.3) is 5.69 Å². The normalized spacial score (nSPS) is 10.2. The average Bonchev–Trinajstić information content (AvgIpc) is 2.97. The summed E-state index contributed by atoms with van der Waals surface area (Å²) in [5.74, 6) is -0.186. The van der Waals surface area contributed by atoms with Gasteiger partial charge in [0, 0.05) is 6.07 Å². The minimum absolute atomic E-state index is 0. The number of para-hydroxylation sites is 1. The van der Waals surface area contributed by atoms with E-state index in [1.54, 1.807) is 36.4 Å². The second-order valence-electron chi connectivity index (χ2n) is 4.85. The molecule has 0 amide bonds. The van der Waals surface area contributed by atoms with E-state index in [2.05, 4.69) is 9.72 Å². The van der Waals surface area contributed by atoms with Crippen molar-refractivity contribution in [1.82, 2.24) is 4.98 Å². The summed E-state index contributed by atoms with van der Waals surface area (Å²) in [4.78, 5) is 26.2. The summed E-state index contributed by atoms with van der Waals surface area (Å²) in [7, 11) is 1.32. The minimum atomic E-state index is -0.479. The lowest BCUT2D eigenvalue weighted by atomic mass is 10.1. The molecule has 0 saturated carbocycles. The molecule has 0 aliphatic heterocycles. The smallest absolute Gasteiger partial charge is 0.309 e. The van der Waals surface area contributed by atoms with Crippen molar-refractivity contribution in [3.05, 3.63) is 58.1 Å². The van der Waals surface area contributed by atoms with E-state index in [9.17, 15) is 14.9 Å². The monoisotopic (exact) mass is 328 g/mol. The molecule has 0 spiro atoms. The molecule has 0 bridgehead atoms. The Balaban J connectivity index is 0.00000208. The average molecular weight is 328 g/mol. The van der Waals surface area contributed by atoms with Crippen LogP contribution in [0.5, 0.6) is 0 Å². The number of rotatable bonds is 4. The van der Waals surface area contributed by atoms with Gasteiger partial charge in [-0.05, 0) is 23.8 Å². The number of ether oxygens (including phenoxy) is 1. The fraction of sp³-hybridized carbons (Fsp3) is 0.176. The first kappa shape index (κ1) is 17.1. The number of hydrogen-bond acceptors (Lipinski definition) is 6. The largest absolute Gasteiger partial charge is 0.469 e. The number of benzene rings is 2. The quantitative estimate of drug-likeness (QED) is 0.411. The maximum atomic E-state index is 11.3. The van der Waals surface area contributed by atoms with Crippen molar-refractivity contribution < 1.29 is 18.9 Å². The van der Waals surface area contributed by atoms with Crippen molar-refractivity contribution in [1.29, 1.82) is 0 Å². The van der Waals surface area contributed by atoms with Crippen LogP contribution in [0, 0.1) is 10.1 Å². The maximum absolute atomic E-state index is 11.3. The van der Waals surface area contributed by atoms with Gasteiger partial charge in [-0.25, -0.2) is 4.98 Å². The van der Waals surface area contributed by atoms with Crippen LogP contribution < -0.4 is 0 Å². The lowest BCUT2D eigenvalue weighted by Crippen LogP contribution is -2.04. The van der Waals surface area contributed by atoms with Crippen molar-refractivity contribution >= 4 is 22.8 Å². The summed E-state index contributed by atoms with van der Waals surface area (Å²) in [5, 5.41) is 11.1. The van der Waals surface area contributed by atoms with E-state index in [0.717, 1.165) is 5.56 Å². The molecule has 24 heavy (non-hydrogen) atoms. The van der Waals surface area contributed by atoms with Crippen LogP contribution >= 0.6 is 0 Å². The zero-order chi connectivity index (χ0) is 16.4. The van der Waals surface area contributed by atoms with E-state index in [1.807, 2.05) is 0 Å². The lowest BCUT2D eigenvalue weighted by Gasteiger charge is -1.98. The summed E-state index contributed by atoms with van der Waals surface area (Å²) in [6.45, 7) is 0. The highest BCUT2D eigenvalue weighted by atomic mass is 16.6. The molecule has 0 atom stereocenters. The summed E-state index contributed by atoms with van der Waals surface area (Å²) in [5.41, 5.74) is 1.98. The van der Waals surface area contributed by atoms with Gasteiger partial charge in [-0.2, -0.15) is 0 Å². The maximum Gasteiger partial charge on any atom is 0.309 e. The molecular formula is C17H16N2O5. The Bertz CT molecular complexity index is 901. The van der Waals surface area contributed by atoms with E-state index >= 15 is 0 Å². The Labute approximate surface area is 138 Å². The third kappa shape index (κ3) is 3.24. The first-order valence-electron chi connectivity index (χ1n) is 6.78. The van der Waals surface area contributed by atoms with Crippen LogP contribution in [0.1, 0.15) is 13.0 Å². The number of nitro groups is 1. The molecular weight excluding hydrogens is 312 g/mol. The van der Waals surface area contributed by atoms with Gasteiger partial charge < -0.3 is 9.15 Å². The molecule has 124 valence electrons. The topological polar surface area (TPSA) is 95.5 Å². The molecule has 1 aromatic heterocycles. The number of carbonyl (C=O) groups excluding carboxylic acids is 1. The Kier molecular flexibility index (Phi) is 4.93. The van der Waals surface area contributed by atoms with Crippen molar-refractivity contribution in [2.24, 2.45) is 0 Å². The first-order valence-corrected chi connectivity index (χ1v) is 6.78. The number of esters is 1. The number of carbonyl (C=O) groups is 1. The fourth-order valence-corrected chi connectivity index (χ4v) is 2.25. The summed E-state index contributed by atoms with van der Waals surface area (Å²) in [6, 6.07) is 11.4. The zero-order valence-electron chi connectivity index (χ0n) is 12.2. The van der Waals surface area contributed by atoms with Crippen molar-refractivity contribution in [2.75, 3.05) is 7.11 Å². The fourth-order valence-electron chi connectivity index (χ4n) is 2.25. The van der Waals surface area contributed by atoms with Crippen LogP contribution in [0.15, 0.2) is 46.9 Å². The van der Waals surface area contributed by atoms with Crippen LogP contribution in [-0.4, -0.2) is 23.0 Å². The van der Waals surface area contributed by atoms with Gasteiger partial charge in [0.1, 0.15) is 11.1 Å². The van der Waals surface area contributed by atoms with Crippen LogP contribution in [-0.2, 0) is 16.0 Å². The van der Waals surface area contributed by atoms with E-state index in [1.165, 1.54) is 13.2 Å². The molecule has 2 aromatic carbocycles. The van der Waals surface area contributed by atoms with Crippen molar-refractivity contribution in [3.63, 3.8) is 0 Å². The number of hydrogen-bond donors (Lipinski definition) is 0. The highest BCUT2D eigenvalue weighted by Gasteiger charge is 2.19. The van der Waals surface area contributed by atoms with E-state index in [4.69, 9.17) is 4.42 Å². The number of methoxy groups -OCH3 is 1. The zero-order valence-corrected chi connectivity index (χ0v) is 12.2. The van der Waals surface area contributed by atoms with Crippen LogP contribution in [0.4, 0.5) is 5.69 Å². The van der Waals surface area contributed by atoms with E-state index in [-0.39, 0.29) is 31.4 Å². The minimum Gasteiger partial charge on any atom is -0.469 e. The second-order valence-corrected chi connectivity index (χ2v) is 4.85. The molecule has 0 aliphatic carbocycles. The summed E-state index contributed by atoms with van der Waals surface area (Å²) in [6.07, 6.45) is 0.125. The third-order valence-corrected chi connectivity index (χ3v) is 3.36. The predicted molar refractivity (Wildman–Crippen MR) is 88.6 cm³/mol. The van der Waals surface area contributed by atoms with Gasteiger partial charge in [0.15, 0.2) is 5.58 Å². The van der Waals surface area contributed by atoms with Gasteiger partial charge in [-0.15, -0.1) is 0 Å². The van der Waals surface area contributed by atoms with Crippen LogP contribution in [0.2, 0.25) is 0 Å². The van der Waals surface area contributed by atoms with Crippen LogP contribution in [0.3, 0.4) is 0 Å². The molecule has 0 unspecified atom stereocenters. The third-order valence-electron chi connectivity index (χ3n) is 3.36. The number of nitrogens with zero attached hydrogens (tertiary/aromatic N) is 2. The van der Waals surface area contributed by atoms with E-state index < -0.39 is 4.92 Å². The van der Waals surface area contributed by atoms with Crippen molar-refractivity contribution in [2.45, 2.75) is 13.8 Å². The Morgan fingerprint density at radius 1 is 1.29 bits per heavy atom. The van der Waals surface area contributed by atoms with Crippen LogP contribution in [0.25, 0.3) is 22.6 Å². The summed E-state index contributed by atoms with van der Waals surface area (Å²) < 4.78 is 10.2. The molecule has 0 radical (unpaired) electrons. The molecule has 0 saturated heterocycles. The molecule has 3 aromatic rings. The molecule has 1 heterocycles. The number of fused-ring (bicyclic) bond motifs is 1. The van der Waals surface area contributed by atoms with Gasteiger partial charge >= 0.3 is 5.97 Å². The molecule has 0 fully saturated rings. The van der Waals surface area contributed by atoms with Crippen molar-refractivity contribution in [3.8, 4) is 11.5 Å².